The maximum absolute atomic E-state index is 12.1. The van der Waals surface area contributed by atoms with Crippen molar-refractivity contribution in [1.82, 2.24) is 0 Å². The molecule has 1 rings (SSSR count). The van der Waals surface area contributed by atoms with Crippen molar-refractivity contribution in [1.29, 1.82) is 0 Å². The Bertz CT molecular complexity index is 319. The van der Waals surface area contributed by atoms with Crippen LogP contribution < -0.4 is 4.74 Å². The van der Waals surface area contributed by atoms with Crippen LogP contribution in [0.25, 0.3) is 0 Å². The van der Waals surface area contributed by atoms with Gasteiger partial charge in [0.25, 0.3) is 6.43 Å². The maximum atomic E-state index is 12.1. The van der Waals surface area contributed by atoms with Gasteiger partial charge in [0.15, 0.2) is 0 Å². The highest BCUT2D eigenvalue weighted by Crippen LogP contribution is 2.18. The molecule has 0 N–H and O–H groups in total. The predicted octanol–water partition coefficient (Wildman–Crippen LogP) is 3.05. The molecule has 0 amide bonds. The summed E-state index contributed by atoms with van der Waals surface area (Å²) in [5.74, 6) is 0.679. The minimum atomic E-state index is -2.50. The number of hydrogen-bond donors (Lipinski definition) is 0. The van der Waals surface area contributed by atoms with Gasteiger partial charge in [-0.15, -0.1) is 0 Å². The number of rotatable bonds is 3. The van der Waals surface area contributed by atoms with Crippen LogP contribution in [0.4, 0.5) is 14.5 Å². The van der Waals surface area contributed by atoms with Crippen molar-refractivity contribution < 1.29 is 13.5 Å². The van der Waals surface area contributed by atoms with Gasteiger partial charge in [0.05, 0.1) is 18.5 Å². The Morgan fingerprint density at radius 1 is 1.29 bits per heavy atom. The van der Waals surface area contributed by atoms with Crippen LogP contribution in [0.1, 0.15) is 6.92 Å². The highest BCUT2D eigenvalue weighted by Gasteiger charge is 2.06. The highest BCUT2D eigenvalue weighted by molar-refractivity contribution is 5.87. The molecule has 14 heavy (non-hydrogen) atoms. The lowest BCUT2D eigenvalue weighted by molar-refractivity contribution is 0.225. The zero-order chi connectivity index (χ0) is 10.6. The Labute approximate surface area is 81.2 Å². The second-order valence-electron chi connectivity index (χ2n) is 2.75. The summed E-state index contributed by atoms with van der Waals surface area (Å²) >= 11 is 0. The van der Waals surface area contributed by atoms with E-state index in [9.17, 15) is 8.78 Å². The van der Waals surface area contributed by atoms with Crippen LogP contribution in [0.5, 0.6) is 5.75 Å². The van der Waals surface area contributed by atoms with Crippen LogP contribution in [0.15, 0.2) is 29.3 Å². The van der Waals surface area contributed by atoms with Crippen LogP contribution in [-0.4, -0.2) is 19.2 Å². The predicted molar refractivity (Wildman–Crippen MR) is 51.8 cm³/mol. The Balaban J connectivity index is 2.83. The third-order valence-corrected chi connectivity index (χ3v) is 1.69. The molecule has 1 aromatic rings. The van der Waals surface area contributed by atoms with E-state index in [0.29, 0.717) is 11.4 Å². The molecule has 0 heterocycles. The summed E-state index contributed by atoms with van der Waals surface area (Å²) in [7, 11) is 1.54. The first-order valence-corrected chi connectivity index (χ1v) is 4.11. The summed E-state index contributed by atoms with van der Waals surface area (Å²) in [6, 6.07) is 6.62. The molecule has 2 nitrogen and oxygen atoms in total. The summed E-state index contributed by atoms with van der Waals surface area (Å²) in [4.78, 5) is 3.75. The molecule has 1 aromatic carbocycles. The Morgan fingerprint density at radius 3 is 2.29 bits per heavy atom. The lowest BCUT2D eigenvalue weighted by atomic mass is 10.3. The van der Waals surface area contributed by atoms with Crippen molar-refractivity contribution in [3.63, 3.8) is 0 Å². The molecule has 0 spiro atoms. The third kappa shape index (κ3) is 2.80. The van der Waals surface area contributed by atoms with Gasteiger partial charge in [-0.25, -0.2) is 8.78 Å². The minimum absolute atomic E-state index is 0.185. The average Bonchev–Trinajstić information content (AvgIpc) is 2.19. The van der Waals surface area contributed by atoms with E-state index in [2.05, 4.69) is 4.99 Å². The second kappa shape index (κ2) is 4.69. The third-order valence-electron chi connectivity index (χ3n) is 1.69. The van der Waals surface area contributed by atoms with E-state index in [1.165, 1.54) is 6.92 Å². The lowest BCUT2D eigenvalue weighted by Gasteiger charge is -2.01. The smallest absolute Gasteiger partial charge is 0.276 e. The quantitative estimate of drug-likeness (QED) is 0.685. The van der Waals surface area contributed by atoms with Crippen molar-refractivity contribution in [2.24, 2.45) is 4.99 Å². The fourth-order valence-electron chi connectivity index (χ4n) is 0.909. The monoisotopic (exact) mass is 199 g/mol. The van der Waals surface area contributed by atoms with Crippen molar-refractivity contribution in [2.45, 2.75) is 13.3 Å². The molecular weight excluding hydrogens is 188 g/mol. The van der Waals surface area contributed by atoms with Crippen molar-refractivity contribution in [3.05, 3.63) is 24.3 Å². The first kappa shape index (κ1) is 10.6. The number of halogens is 2. The summed E-state index contributed by atoms with van der Waals surface area (Å²) in [6.45, 7) is 1.30. The average molecular weight is 199 g/mol. The number of benzene rings is 1. The van der Waals surface area contributed by atoms with Gasteiger partial charge in [0, 0.05) is 0 Å². The molecule has 0 aliphatic carbocycles. The summed E-state index contributed by atoms with van der Waals surface area (Å²) in [5.41, 5.74) is 0.318. The molecule has 0 saturated carbocycles. The van der Waals surface area contributed by atoms with Gasteiger partial charge in [-0.1, -0.05) is 0 Å². The second-order valence-corrected chi connectivity index (χ2v) is 2.75. The van der Waals surface area contributed by atoms with Crippen LogP contribution in [0.3, 0.4) is 0 Å². The normalized spacial score (nSPS) is 11.9. The maximum Gasteiger partial charge on any atom is 0.276 e. The number of alkyl halides is 2. The minimum Gasteiger partial charge on any atom is -0.497 e. The van der Waals surface area contributed by atoms with E-state index in [1.54, 1.807) is 31.4 Å². The fourth-order valence-corrected chi connectivity index (χ4v) is 0.909. The molecule has 0 bridgehead atoms. The van der Waals surface area contributed by atoms with Gasteiger partial charge in [0.1, 0.15) is 5.75 Å². The molecule has 0 unspecified atom stereocenters. The zero-order valence-electron chi connectivity index (χ0n) is 8.00. The van der Waals surface area contributed by atoms with Crippen molar-refractivity contribution >= 4 is 11.4 Å². The summed E-state index contributed by atoms with van der Waals surface area (Å²) in [5, 5.41) is 0. The Kier molecular flexibility index (Phi) is 3.56. The van der Waals surface area contributed by atoms with Gasteiger partial charge < -0.3 is 4.74 Å². The molecule has 0 aliphatic rings. The largest absolute Gasteiger partial charge is 0.497 e. The van der Waals surface area contributed by atoms with Crippen LogP contribution in [0, 0.1) is 0 Å². The van der Waals surface area contributed by atoms with Crippen LogP contribution >= 0.6 is 0 Å². The van der Waals surface area contributed by atoms with Gasteiger partial charge in [0.2, 0.25) is 0 Å². The standard InChI is InChI=1S/C10H11F2NO/c1-7(10(11)12)13-8-3-5-9(14-2)6-4-8/h3-6,10H,1-2H3/b13-7+. The first-order chi connectivity index (χ1) is 6.63. The number of aliphatic imine (C=N–C) groups is 1. The van der Waals surface area contributed by atoms with Crippen LogP contribution in [0.2, 0.25) is 0 Å². The molecule has 0 aromatic heterocycles. The van der Waals surface area contributed by atoms with Gasteiger partial charge in [-0.3, -0.25) is 4.99 Å². The Morgan fingerprint density at radius 2 is 1.86 bits per heavy atom. The lowest BCUT2D eigenvalue weighted by Crippen LogP contribution is -2.03. The molecule has 0 radical (unpaired) electrons. The molecule has 4 heteroatoms. The first-order valence-electron chi connectivity index (χ1n) is 4.11. The molecule has 76 valence electrons. The molecule has 0 fully saturated rings. The van der Waals surface area contributed by atoms with Gasteiger partial charge in [-0.2, -0.15) is 0 Å². The van der Waals surface area contributed by atoms with E-state index < -0.39 is 6.43 Å². The highest BCUT2D eigenvalue weighted by atomic mass is 19.3. The van der Waals surface area contributed by atoms with Crippen molar-refractivity contribution in [3.8, 4) is 5.75 Å². The number of ether oxygens (including phenoxy) is 1. The summed E-state index contributed by atoms with van der Waals surface area (Å²) < 4.78 is 29.1. The zero-order valence-corrected chi connectivity index (χ0v) is 8.00. The summed E-state index contributed by atoms with van der Waals surface area (Å²) in [6.07, 6.45) is -2.50. The SMILES string of the molecule is COc1ccc(/N=C(\C)C(F)F)cc1. The van der Waals surface area contributed by atoms with Gasteiger partial charge >= 0.3 is 0 Å². The molecule has 0 aliphatic heterocycles. The van der Waals surface area contributed by atoms with Crippen LogP contribution in [-0.2, 0) is 0 Å². The topological polar surface area (TPSA) is 21.6 Å². The van der Waals surface area contributed by atoms with Gasteiger partial charge in [-0.05, 0) is 31.2 Å². The number of nitrogens with zero attached hydrogens (tertiary/aromatic N) is 1. The van der Waals surface area contributed by atoms with Crippen molar-refractivity contribution in [2.75, 3.05) is 7.11 Å². The Hall–Kier alpha value is -1.45. The van der Waals surface area contributed by atoms with E-state index in [0.717, 1.165) is 0 Å². The van der Waals surface area contributed by atoms with E-state index in [1.807, 2.05) is 0 Å². The molecule has 0 atom stereocenters. The van der Waals surface area contributed by atoms with E-state index >= 15 is 0 Å². The van der Waals surface area contributed by atoms with E-state index in [4.69, 9.17) is 4.74 Å². The molecular formula is C10H11F2NO. The van der Waals surface area contributed by atoms with E-state index in [-0.39, 0.29) is 5.71 Å². The molecule has 0 saturated heterocycles. The fraction of sp³-hybridized carbons (Fsp3) is 0.300. The number of hydrogen-bond acceptors (Lipinski definition) is 2. The number of methoxy groups -OCH3 is 1.